The normalized spacial score (nSPS) is 14.5. The van der Waals surface area contributed by atoms with Gasteiger partial charge in [0.05, 0.1) is 11.7 Å². The first kappa shape index (κ1) is 22.4. The summed E-state index contributed by atoms with van der Waals surface area (Å²) >= 11 is 0. The van der Waals surface area contributed by atoms with Gasteiger partial charge in [0.15, 0.2) is 0 Å². The summed E-state index contributed by atoms with van der Waals surface area (Å²) in [7, 11) is 0. The zero-order chi connectivity index (χ0) is 22.7. The Labute approximate surface area is 182 Å². The molecule has 166 valence electrons. The van der Waals surface area contributed by atoms with Crippen molar-refractivity contribution in [2.45, 2.75) is 46.6 Å². The number of benzene rings is 1. The molecule has 8 heteroatoms. The van der Waals surface area contributed by atoms with Crippen LogP contribution in [0.1, 0.15) is 58.8 Å². The Morgan fingerprint density at radius 2 is 1.74 bits per heavy atom. The van der Waals surface area contributed by atoms with E-state index >= 15 is 0 Å². The molecule has 2 aromatic rings. The molecule has 4 N–H and O–H groups in total. The van der Waals surface area contributed by atoms with Gasteiger partial charge in [-0.2, -0.15) is 0 Å². The Morgan fingerprint density at radius 1 is 1.13 bits per heavy atom. The van der Waals surface area contributed by atoms with Crippen molar-refractivity contribution in [1.29, 1.82) is 0 Å². The van der Waals surface area contributed by atoms with Crippen molar-refractivity contribution in [3.63, 3.8) is 0 Å². The van der Waals surface area contributed by atoms with Gasteiger partial charge < -0.3 is 25.7 Å². The highest BCUT2D eigenvalue weighted by atomic mass is 16.5. The summed E-state index contributed by atoms with van der Waals surface area (Å²) < 4.78 is 5.28. The summed E-state index contributed by atoms with van der Waals surface area (Å²) in [6.45, 7) is 8.59. The van der Waals surface area contributed by atoms with Crippen LogP contribution in [0.15, 0.2) is 24.3 Å². The maximum absolute atomic E-state index is 12.8. The lowest BCUT2D eigenvalue weighted by atomic mass is 9.96. The van der Waals surface area contributed by atoms with Gasteiger partial charge in [-0.15, -0.1) is 0 Å². The minimum atomic E-state index is -0.440. The fourth-order valence-corrected chi connectivity index (χ4v) is 3.93. The number of nitrogens with two attached hydrogens (primary N) is 1. The minimum absolute atomic E-state index is 0.0509. The number of H-pyrrole nitrogens is 1. The number of hydrogen-bond acceptors (Lipinski definition) is 5. The van der Waals surface area contributed by atoms with Crippen molar-refractivity contribution in [3.05, 3.63) is 46.8 Å². The minimum Gasteiger partial charge on any atom is -0.459 e. The Bertz CT molecular complexity index is 970. The van der Waals surface area contributed by atoms with Gasteiger partial charge in [-0.1, -0.05) is 0 Å². The van der Waals surface area contributed by atoms with Gasteiger partial charge in [-0.3, -0.25) is 9.59 Å². The van der Waals surface area contributed by atoms with Gasteiger partial charge in [0.2, 0.25) is 5.91 Å². The standard InChI is InChI=1S/C23H30N4O4/c1-13(2)31-23(30)19-14(3)20(25-15(19)4)22(29)26-17-5-7-18(8-6-17)27-11-9-16(10-12-27)21(24)28/h5-8,13,16,25H,9-12H2,1-4H3,(H2,24,28)(H,26,29). The molecule has 2 amide bonds. The number of primary amides is 1. The molecule has 2 heterocycles. The fraction of sp³-hybridized carbons (Fsp3) is 0.435. The van der Waals surface area contributed by atoms with Crippen LogP contribution in [0.5, 0.6) is 0 Å². The molecular weight excluding hydrogens is 396 g/mol. The molecule has 1 aromatic heterocycles. The Balaban J connectivity index is 1.66. The molecule has 0 unspecified atom stereocenters. The summed E-state index contributed by atoms with van der Waals surface area (Å²) in [6.07, 6.45) is 1.26. The molecule has 0 saturated carbocycles. The number of carbonyl (C=O) groups excluding carboxylic acids is 3. The van der Waals surface area contributed by atoms with Crippen LogP contribution in [-0.2, 0) is 9.53 Å². The molecular formula is C23H30N4O4. The molecule has 31 heavy (non-hydrogen) atoms. The van der Waals surface area contributed by atoms with E-state index in [0.717, 1.165) is 31.6 Å². The second-order valence-corrected chi connectivity index (χ2v) is 8.24. The number of rotatable bonds is 6. The van der Waals surface area contributed by atoms with Crippen LogP contribution in [0.25, 0.3) is 0 Å². The van der Waals surface area contributed by atoms with Crippen LogP contribution in [0, 0.1) is 19.8 Å². The first-order valence-corrected chi connectivity index (χ1v) is 10.5. The monoisotopic (exact) mass is 426 g/mol. The number of ether oxygens (including phenoxy) is 1. The lowest BCUT2D eigenvalue weighted by Gasteiger charge is -2.32. The zero-order valence-corrected chi connectivity index (χ0v) is 18.5. The predicted octanol–water partition coefficient (Wildman–Crippen LogP) is 3.15. The molecule has 0 radical (unpaired) electrons. The smallest absolute Gasteiger partial charge is 0.340 e. The quantitative estimate of drug-likeness (QED) is 0.614. The van der Waals surface area contributed by atoms with Crippen molar-refractivity contribution >= 4 is 29.2 Å². The maximum Gasteiger partial charge on any atom is 0.340 e. The number of nitrogens with one attached hydrogen (secondary N) is 2. The number of amides is 2. The van der Waals surface area contributed by atoms with Crippen molar-refractivity contribution in [3.8, 4) is 0 Å². The molecule has 3 rings (SSSR count). The van der Waals surface area contributed by atoms with Crippen LogP contribution in [0.4, 0.5) is 11.4 Å². The maximum atomic E-state index is 12.8. The van der Waals surface area contributed by atoms with Crippen molar-refractivity contribution < 1.29 is 19.1 Å². The summed E-state index contributed by atoms with van der Waals surface area (Å²) in [5.41, 5.74) is 8.98. The first-order valence-electron chi connectivity index (χ1n) is 10.5. The Hall–Kier alpha value is -3.29. The zero-order valence-electron chi connectivity index (χ0n) is 18.5. The number of carbonyl (C=O) groups is 3. The molecule has 1 aromatic carbocycles. The number of hydrogen-bond donors (Lipinski definition) is 3. The number of aryl methyl sites for hydroxylation is 1. The van der Waals surface area contributed by atoms with Crippen LogP contribution in [-0.4, -0.2) is 42.0 Å². The number of anilines is 2. The summed E-state index contributed by atoms with van der Waals surface area (Å²) in [6, 6.07) is 7.57. The van der Waals surface area contributed by atoms with Gasteiger partial charge in [-0.05, 0) is 70.4 Å². The highest BCUT2D eigenvalue weighted by Crippen LogP contribution is 2.25. The highest BCUT2D eigenvalue weighted by Gasteiger charge is 2.25. The second-order valence-electron chi connectivity index (χ2n) is 8.24. The number of aromatic amines is 1. The molecule has 1 fully saturated rings. The van der Waals surface area contributed by atoms with Gasteiger partial charge in [0, 0.05) is 36.1 Å². The summed E-state index contributed by atoms with van der Waals surface area (Å²) in [5, 5.41) is 2.87. The number of piperidine rings is 1. The number of nitrogens with zero attached hydrogens (tertiary/aromatic N) is 1. The predicted molar refractivity (Wildman–Crippen MR) is 119 cm³/mol. The molecule has 0 atom stereocenters. The largest absolute Gasteiger partial charge is 0.459 e. The molecule has 8 nitrogen and oxygen atoms in total. The topological polar surface area (TPSA) is 118 Å². The van der Waals surface area contributed by atoms with Crippen molar-refractivity contribution in [2.24, 2.45) is 11.7 Å². The molecule has 1 saturated heterocycles. The average Bonchev–Trinajstić information content (AvgIpc) is 3.02. The van der Waals surface area contributed by atoms with Crippen molar-refractivity contribution in [1.82, 2.24) is 4.98 Å². The van der Waals surface area contributed by atoms with Crippen LogP contribution >= 0.6 is 0 Å². The van der Waals surface area contributed by atoms with Gasteiger partial charge in [-0.25, -0.2) is 4.79 Å². The van der Waals surface area contributed by atoms with E-state index in [-0.39, 0.29) is 23.8 Å². The molecule has 1 aliphatic rings. The Kier molecular flexibility index (Phi) is 6.68. The van der Waals surface area contributed by atoms with Crippen LogP contribution in [0.2, 0.25) is 0 Å². The second kappa shape index (κ2) is 9.24. The van der Waals surface area contributed by atoms with E-state index in [1.54, 1.807) is 27.7 Å². The molecule has 0 spiro atoms. The summed E-state index contributed by atoms with van der Waals surface area (Å²) in [4.78, 5) is 41.7. The van der Waals surface area contributed by atoms with E-state index < -0.39 is 5.97 Å². The number of esters is 1. The SMILES string of the molecule is Cc1[nH]c(C(=O)Nc2ccc(N3CCC(C(N)=O)CC3)cc2)c(C)c1C(=O)OC(C)C. The molecule has 1 aliphatic heterocycles. The number of aromatic nitrogens is 1. The van der Waals surface area contributed by atoms with Gasteiger partial charge in [0.1, 0.15) is 5.69 Å². The van der Waals surface area contributed by atoms with E-state index in [2.05, 4.69) is 15.2 Å². The average molecular weight is 427 g/mol. The third-order valence-electron chi connectivity index (χ3n) is 5.60. The fourth-order valence-electron chi connectivity index (χ4n) is 3.93. The Morgan fingerprint density at radius 3 is 2.29 bits per heavy atom. The van der Waals surface area contributed by atoms with Gasteiger partial charge >= 0.3 is 5.97 Å². The van der Waals surface area contributed by atoms with E-state index in [4.69, 9.17) is 10.5 Å². The van der Waals surface area contributed by atoms with E-state index in [1.165, 1.54) is 0 Å². The van der Waals surface area contributed by atoms with E-state index in [0.29, 0.717) is 28.2 Å². The van der Waals surface area contributed by atoms with Crippen LogP contribution in [0.3, 0.4) is 0 Å². The summed E-state index contributed by atoms with van der Waals surface area (Å²) in [5.74, 6) is -1.04. The molecule has 0 aliphatic carbocycles. The van der Waals surface area contributed by atoms with E-state index in [9.17, 15) is 14.4 Å². The highest BCUT2D eigenvalue weighted by molar-refractivity contribution is 6.06. The third-order valence-corrected chi connectivity index (χ3v) is 5.60. The van der Waals surface area contributed by atoms with Crippen molar-refractivity contribution in [2.75, 3.05) is 23.3 Å². The first-order chi connectivity index (χ1) is 14.7. The van der Waals surface area contributed by atoms with Crippen LogP contribution < -0.4 is 16.0 Å². The lowest BCUT2D eigenvalue weighted by molar-refractivity contribution is -0.122. The van der Waals surface area contributed by atoms with E-state index in [1.807, 2.05) is 24.3 Å². The lowest BCUT2D eigenvalue weighted by Crippen LogP contribution is -2.38. The van der Waals surface area contributed by atoms with Gasteiger partial charge in [0.25, 0.3) is 5.91 Å². The third kappa shape index (κ3) is 5.07. The molecule has 0 bridgehead atoms.